The van der Waals surface area contributed by atoms with Gasteiger partial charge in [0.1, 0.15) is 17.6 Å². The zero-order chi connectivity index (χ0) is 16.7. The molecule has 0 amide bonds. The first kappa shape index (κ1) is 16.9. The molecule has 0 saturated heterocycles. The first-order chi connectivity index (χ1) is 11.1. The fraction of sp³-hybridized carbons (Fsp3) is 0.412. The van der Waals surface area contributed by atoms with Crippen molar-refractivity contribution < 1.29 is 9.15 Å². The molecule has 0 spiro atoms. The first-order valence-corrected chi connectivity index (χ1v) is 7.67. The van der Waals surface area contributed by atoms with E-state index in [2.05, 4.69) is 20.6 Å². The van der Waals surface area contributed by atoms with E-state index in [4.69, 9.17) is 9.15 Å². The molecule has 1 unspecified atom stereocenters. The fourth-order valence-electron chi connectivity index (χ4n) is 2.01. The number of aryl methyl sites for hydroxylation is 2. The molecule has 1 atom stereocenters. The highest BCUT2D eigenvalue weighted by molar-refractivity contribution is 5.79. The van der Waals surface area contributed by atoms with Crippen molar-refractivity contribution >= 4 is 5.96 Å². The Morgan fingerprint density at radius 3 is 2.61 bits per heavy atom. The number of rotatable bonds is 6. The highest BCUT2D eigenvalue weighted by Crippen LogP contribution is 2.10. The number of benzene rings is 1. The Hall–Kier alpha value is -2.50. The molecule has 0 fully saturated rings. The Morgan fingerprint density at radius 2 is 2.00 bits per heavy atom. The van der Waals surface area contributed by atoms with Gasteiger partial charge in [-0.2, -0.15) is 0 Å². The predicted octanol–water partition coefficient (Wildman–Crippen LogP) is 2.42. The van der Waals surface area contributed by atoms with Crippen molar-refractivity contribution in [3.05, 3.63) is 47.7 Å². The second-order valence-corrected chi connectivity index (χ2v) is 5.30. The molecule has 124 valence electrons. The maximum atomic E-state index is 5.81. The van der Waals surface area contributed by atoms with Gasteiger partial charge < -0.3 is 19.8 Å². The molecule has 0 aliphatic rings. The lowest BCUT2D eigenvalue weighted by atomic mass is 10.3. The van der Waals surface area contributed by atoms with Crippen LogP contribution in [0.3, 0.4) is 0 Å². The monoisotopic (exact) mass is 316 g/mol. The topological polar surface area (TPSA) is 71.7 Å². The van der Waals surface area contributed by atoms with Gasteiger partial charge in [0.2, 0.25) is 5.89 Å². The summed E-state index contributed by atoms with van der Waals surface area (Å²) in [4.78, 5) is 8.51. The number of hydrogen-bond acceptors (Lipinski definition) is 4. The van der Waals surface area contributed by atoms with Gasteiger partial charge in [-0.3, -0.25) is 4.99 Å². The molecule has 6 heteroatoms. The standard InChI is InChI=1S/C17H24N4O2/c1-12(22-15-8-6-5-7-9-15)10-19-17(18-4)20-11-16-21-13(2)14(3)23-16/h5-9,12H,10-11H2,1-4H3,(H2,18,19,20). The number of nitrogens with zero attached hydrogens (tertiary/aromatic N) is 2. The summed E-state index contributed by atoms with van der Waals surface area (Å²) in [5.41, 5.74) is 0.912. The third-order valence-corrected chi connectivity index (χ3v) is 3.34. The van der Waals surface area contributed by atoms with Crippen molar-refractivity contribution in [3.8, 4) is 5.75 Å². The van der Waals surface area contributed by atoms with Gasteiger partial charge in [-0.15, -0.1) is 0 Å². The number of aliphatic imine (C=N–C) groups is 1. The van der Waals surface area contributed by atoms with Crippen LogP contribution in [-0.2, 0) is 6.54 Å². The summed E-state index contributed by atoms with van der Waals surface area (Å²) in [6.07, 6.45) is 0.0159. The highest BCUT2D eigenvalue weighted by Gasteiger charge is 2.08. The van der Waals surface area contributed by atoms with Crippen molar-refractivity contribution in [1.82, 2.24) is 15.6 Å². The Labute approximate surface area is 137 Å². The summed E-state index contributed by atoms with van der Waals surface area (Å²) in [5.74, 6) is 3.03. The lowest BCUT2D eigenvalue weighted by molar-refractivity contribution is 0.224. The third-order valence-electron chi connectivity index (χ3n) is 3.34. The average molecular weight is 316 g/mol. The molecule has 0 radical (unpaired) electrons. The summed E-state index contributed by atoms with van der Waals surface area (Å²) < 4.78 is 11.3. The Morgan fingerprint density at radius 1 is 1.26 bits per heavy atom. The quantitative estimate of drug-likeness (QED) is 0.632. The zero-order valence-electron chi connectivity index (χ0n) is 14.1. The van der Waals surface area contributed by atoms with E-state index in [9.17, 15) is 0 Å². The molecule has 0 saturated carbocycles. The first-order valence-electron chi connectivity index (χ1n) is 7.67. The van der Waals surface area contributed by atoms with Crippen LogP contribution in [0.2, 0.25) is 0 Å². The van der Waals surface area contributed by atoms with Crippen LogP contribution in [0.25, 0.3) is 0 Å². The van der Waals surface area contributed by atoms with Crippen molar-refractivity contribution in [2.45, 2.75) is 33.4 Å². The summed E-state index contributed by atoms with van der Waals surface area (Å²) in [7, 11) is 1.73. The Balaban J connectivity index is 1.76. The molecule has 1 aromatic carbocycles. The largest absolute Gasteiger partial charge is 0.489 e. The molecular weight excluding hydrogens is 292 g/mol. The number of guanidine groups is 1. The predicted molar refractivity (Wildman–Crippen MR) is 90.7 cm³/mol. The van der Waals surface area contributed by atoms with Crippen LogP contribution < -0.4 is 15.4 Å². The number of nitrogens with one attached hydrogen (secondary N) is 2. The summed E-state index contributed by atoms with van der Waals surface area (Å²) in [6.45, 7) is 6.97. The molecular formula is C17H24N4O2. The number of ether oxygens (including phenoxy) is 1. The van der Waals surface area contributed by atoms with Gasteiger partial charge >= 0.3 is 0 Å². The van der Waals surface area contributed by atoms with Crippen LogP contribution in [0.15, 0.2) is 39.7 Å². The van der Waals surface area contributed by atoms with E-state index in [1.54, 1.807) is 7.05 Å². The van der Waals surface area contributed by atoms with Crippen LogP contribution in [0, 0.1) is 13.8 Å². The number of aromatic nitrogens is 1. The minimum absolute atomic E-state index is 0.0159. The molecule has 23 heavy (non-hydrogen) atoms. The van der Waals surface area contributed by atoms with Gasteiger partial charge in [-0.25, -0.2) is 4.98 Å². The van der Waals surface area contributed by atoms with E-state index in [1.165, 1.54) is 0 Å². The van der Waals surface area contributed by atoms with E-state index in [0.717, 1.165) is 17.2 Å². The van der Waals surface area contributed by atoms with Crippen LogP contribution in [0.5, 0.6) is 5.75 Å². The van der Waals surface area contributed by atoms with Gasteiger partial charge in [0.05, 0.1) is 18.8 Å². The molecule has 2 aromatic rings. The number of hydrogen-bond donors (Lipinski definition) is 2. The van der Waals surface area contributed by atoms with E-state index in [0.29, 0.717) is 24.9 Å². The summed E-state index contributed by atoms with van der Waals surface area (Å²) >= 11 is 0. The smallest absolute Gasteiger partial charge is 0.214 e. The van der Waals surface area contributed by atoms with Crippen molar-refractivity contribution in [1.29, 1.82) is 0 Å². The van der Waals surface area contributed by atoms with E-state index in [1.807, 2.05) is 51.1 Å². The van der Waals surface area contributed by atoms with E-state index >= 15 is 0 Å². The second kappa shape index (κ2) is 8.22. The van der Waals surface area contributed by atoms with Crippen molar-refractivity contribution in [2.75, 3.05) is 13.6 Å². The van der Waals surface area contributed by atoms with Gasteiger partial charge in [0.25, 0.3) is 0 Å². The normalized spacial score (nSPS) is 12.8. The lowest BCUT2D eigenvalue weighted by Gasteiger charge is -2.17. The molecule has 0 aliphatic heterocycles. The molecule has 2 rings (SSSR count). The third kappa shape index (κ3) is 5.32. The number of oxazole rings is 1. The molecule has 2 N–H and O–H groups in total. The molecule has 6 nitrogen and oxygen atoms in total. The van der Waals surface area contributed by atoms with Crippen LogP contribution in [0.1, 0.15) is 24.3 Å². The van der Waals surface area contributed by atoms with Gasteiger partial charge in [-0.05, 0) is 32.9 Å². The van der Waals surface area contributed by atoms with Gasteiger partial charge in [0, 0.05) is 7.05 Å². The molecule has 1 aromatic heterocycles. The van der Waals surface area contributed by atoms with E-state index in [-0.39, 0.29) is 6.10 Å². The maximum absolute atomic E-state index is 5.81. The van der Waals surface area contributed by atoms with Crippen LogP contribution in [0.4, 0.5) is 0 Å². The second-order valence-electron chi connectivity index (χ2n) is 5.30. The van der Waals surface area contributed by atoms with E-state index < -0.39 is 0 Å². The molecule has 0 bridgehead atoms. The maximum Gasteiger partial charge on any atom is 0.214 e. The average Bonchev–Trinajstić information content (AvgIpc) is 2.87. The SMILES string of the molecule is CN=C(NCc1nc(C)c(C)o1)NCC(C)Oc1ccccc1. The van der Waals surface area contributed by atoms with Crippen molar-refractivity contribution in [3.63, 3.8) is 0 Å². The summed E-state index contributed by atoms with van der Waals surface area (Å²) in [5, 5.41) is 6.40. The molecule has 1 heterocycles. The highest BCUT2D eigenvalue weighted by atomic mass is 16.5. The lowest BCUT2D eigenvalue weighted by Crippen LogP contribution is -2.41. The van der Waals surface area contributed by atoms with Crippen molar-refractivity contribution in [2.24, 2.45) is 4.99 Å². The van der Waals surface area contributed by atoms with Gasteiger partial charge in [-0.1, -0.05) is 18.2 Å². The minimum atomic E-state index is 0.0159. The zero-order valence-corrected chi connectivity index (χ0v) is 14.1. The fourth-order valence-corrected chi connectivity index (χ4v) is 2.01. The minimum Gasteiger partial charge on any atom is -0.489 e. The van der Waals surface area contributed by atoms with Gasteiger partial charge in [0.15, 0.2) is 5.96 Å². The van der Waals surface area contributed by atoms with Crippen LogP contribution >= 0.6 is 0 Å². The Kier molecular flexibility index (Phi) is 6.02. The summed E-state index contributed by atoms with van der Waals surface area (Å²) in [6, 6.07) is 9.76. The number of para-hydroxylation sites is 1. The Bertz CT molecular complexity index is 618. The molecule has 0 aliphatic carbocycles. The van der Waals surface area contributed by atoms with Crippen LogP contribution in [-0.4, -0.2) is 30.6 Å².